The summed E-state index contributed by atoms with van der Waals surface area (Å²) < 4.78 is 16.0. The minimum atomic E-state index is -0.375. The van der Waals surface area contributed by atoms with E-state index >= 15 is 0 Å². The maximum atomic E-state index is 12.3. The van der Waals surface area contributed by atoms with Gasteiger partial charge in [-0.15, -0.1) is 0 Å². The summed E-state index contributed by atoms with van der Waals surface area (Å²) in [5.74, 6) is 0.831. The van der Waals surface area contributed by atoms with Crippen LogP contribution in [0.25, 0.3) is 11.1 Å². The summed E-state index contributed by atoms with van der Waals surface area (Å²) in [7, 11) is 3.04. The van der Waals surface area contributed by atoms with Gasteiger partial charge in [-0.05, 0) is 28.8 Å². The molecule has 0 aliphatic rings. The molecule has 3 aromatic carbocycles. The predicted molar refractivity (Wildman–Crippen MR) is 101 cm³/mol. The number of benzene rings is 3. The molecule has 0 aliphatic heterocycles. The van der Waals surface area contributed by atoms with E-state index in [1.54, 1.807) is 18.2 Å². The van der Waals surface area contributed by atoms with Gasteiger partial charge < -0.3 is 14.2 Å². The number of hydrogen-bond donors (Lipinski definition) is 0. The van der Waals surface area contributed by atoms with E-state index < -0.39 is 0 Å². The van der Waals surface area contributed by atoms with E-state index in [2.05, 4.69) is 12.1 Å². The second kappa shape index (κ2) is 8.21. The zero-order valence-corrected chi connectivity index (χ0v) is 14.8. The summed E-state index contributed by atoms with van der Waals surface area (Å²) in [5.41, 5.74) is 3.12. The number of esters is 1. The molecule has 4 nitrogen and oxygen atoms in total. The van der Waals surface area contributed by atoms with Gasteiger partial charge in [-0.3, -0.25) is 4.79 Å². The normalized spacial score (nSPS) is 10.2. The SMILES string of the molecule is COc1cccc(OC)c1OC(=O)Cc1ccc(-c2ccccc2)cc1. The van der Waals surface area contributed by atoms with Gasteiger partial charge in [0.2, 0.25) is 5.75 Å². The summed E-state index contributed by atoms with van der Waals surface area (Å²) in [6, 6.07) is 23.2. The van der Waals surface area contributed by atoms with Crippen LogP contribution in [-0.2, 0) is 11.2 Å². The molecule has 0 saturated heterocycles. The van der Waals surface area contributed by atoms with Gasteiger partial charge in [0.1, 0.15) is 0 Å². The van der Waals surface area contributed by atoms with Crippen LogP contribution in [0.1, 0.15) is 5.56 Å². The zero-order valence-electron chi connectivity index (χ0n) is 14.8. The van der Waals surface area contributed by atoms with Crippen LogP contribution in [0, 0.1) is 0 Å². The molecule has 0 unspecified atom stereocenters. The maximum absolute atomic E-state index is 12.3. The lowest BCUT2D eigenvalue weighted by atomic mass is 10.0. The molecule has 132 valence electrons. The highest BCUT2D eigenvalue weighted by atomic mass is 16.6. The number of rotatable bonds is 6. The lowest BCUT2D eigenvalue weighted by Gasteiger charge is -2.12. The van der Waals surface area contributed by atoms with Crippen LogP contribution in [0.4, 0.5) is 0 Å². The Morgan fingerprint density at radius 1 is 0.731 bits per heavy atom. The van der Waals surface area contributed by atoms with E-state index in [1.807, 2.05) is 42.5 Å². The van der Waals surface area contributed by atoms with E-state index in [9.17, 15) is 4.79 Å². The van der Waals surface area contributed by atoms with Gasteiger partial charge in [0, 0.05) is 0 Å². The molecule has 26 heavy (non-hydrogen) atoms. The number of ether oxygens (including phenoxy) is 3. The molecule has 4 heteroatoms. The Balaban J connectivity index is 1.71. The standard InChI is InChI=1S/C22H20O4/c1-24-19-9-6-10-20(25-2)22(19)26-21(23)15-16-11-13-18(14-12-16)17-7-4-3-5-8-17/h3-14H,15H2,1-2H3. The van der Waals surface area contributed by atoms with Crippen LogP contribution in [0.3, 0.4) is 0 Å². The van der Waals surface area contributed by atoms with Gasteiger partial charge >= 0.3 is 5.97 Å². The van der Waals surface area contributed by atoms with Gasteiger partial charge in [-0.25, -0.2) is 0 Å². The van der Waals surface area contributed by atoms with Gasteiger partial charge in [0.25, 0.3) is 0 Å². The molecule has 0 radical (unpaired) electrons. The quantitative estimate of drug-likeness (QED) is 0.485. The molecule has 0 aromatic heterocycles. The first-order valence-corrected chi connectivity index (χ1v) is 8.27. The molecule has 0 atom stereocenters. The third-order valence-electron chi connectivity index (χ3n) is 4.01. The molecule has 0 saturated carbocycles. The van der Waals surface area contributed by atoms with Crippen molar-refractivity contribution in [3.05, 3.63) is 78.4 Å². The Morgan fingerprint density at radius 2 is 1.31 bits per heavy atom. The first-order valence-electron chi connectivity index (χ1n) is 8.27. The van der Waals surface area contributed by atoms with Crippen molar-refractivity contribution < 1.29 is 19.0 Å². The monoisotopic (exact) mass is 348 g/mol. The smallest absolute Gasteiger partial charge is 0.315 e. The molecule has 0 aliphatic carbocycles. The first kappa shape index (κ1) is 17.5. The molecule has 0 amide bonds. The summed E-state index contributed by atoms with van der Waals surface area (Å²) in [5, 5.41) is 0. The third-order valence-corrected chi connectivity index (χ3v) is 4.01. The number of carbonyl (C=O) groups excluding carboxylic acids is 1. The van der Waals surface area contributed by atoms with Crippen molar-refractivity contribution in [3.63, 3.8) is 0 Å². The van der Waals surface area contributed by atoms with Gasteiger partial charge in [-0.2, -0.15) is 0 Å². The van der Waals surface area contributed by atoms with E-state index in [0.717, 1.165) is 16.7 Å². The fourth-order valence-electron chi connectivity index (χ4n) is 2.68. The van der Waals surface area contributed by atoms with Crippen LogP contribution in [-0.4, -0.2) is 20.2 Å². The average molecular weight is 348 g/mol. The summed E-state index contributed by atoms with van der Waals surface area (Å²) in [6.45, 7) is 0. The van der Waals surface area contributed by atoms with Crippen molar-refractivity contribution in [3.8, 4) is 28.4 Å². The van der Waals surface area contributed by atoms with Crippen molar-refractivity contribution >= 4 is 5.97 Å². The second-order valence-electron chi connectivity index (χ2n) is 5.71. The van der Waals surface area contributed by atoms with Gasteiger partial charge in [-0.1, -0.05) is 60.7 Å². The Labute approximate surface area is 153 Å². The molecule has 0 spiro atoms. The molecular weight excluding hydrogens is 328 g/mol. The molecule has 3 rings (SSSR count). The number of carbonyl (C=O) groups is 1. The van der Waals surface area contributed by atoms with Crippen LogP contribution >= 0.6 is 0 Å². The number of hydrogen-bond acceptors (Lipinski definition) is 4. The molecule has 0 heterocycles. The van der Waals surface area contributed by atoms with Gasteiger partial charge in [0.15, 0.2) is 11.5 Å². The Kier molecular flexibility index (Phi) is 5.54. The molecular formula is C22H20O4. The van der Waals surface area contributed by atoms with Gasteiger partial charge in [0.05, 0.1) is 20.6 Å². The first-order chi connectivity index (χ1) is 12.7. The molecule has 0 N–H and O–H groups in total. The van der Waals surface area contributed by atoms with E-state index in [4.69, 9.17) is 14.2 Å². The topological polar surface area (TPSA) is 44.8 Å². The van der Waals surface area contributed by atoms with E-state index in [0.29, 0.717) is 17.2 Å². The fourth-order valence-corrected chi connectivity index (χ4v) is 2.68. The molecule has 0 fully saturated rings. The van der Waals surface area contributed by atoms with Crippen molar-refractivity contribution in [1.29, 1.82) is 0 Å². The lowest BCUT2D eigenvalue weighted by Crippen LogP contribution is -2.12. The molecule has 3 aromatic rings. The number of para-hydroxylation sites is 1. The van der Waals surface area contributed by atoms with Crippen molar-refractivity contribution in [1.82, 2.24) is 0 Å². The maximum Gasteiger partial charge on any atom is 0.315 e. The average Bonchev–Trinajstić information content (AvgIpc) is 2.69. The summed E-state index contributed by atoms with van der Waals surface area (Å²) in [4.78, 5) is 12.3. The highest BCUT2D eigenvalue weighted by Crippen LogP contribution is 2.37. The van der Waals surface area contributed by atoms with Crippen molar-refractivity contribution in [2.75, 3.05) is 14.2 Å². The Bertz CT molecular complexity index is 848. The Hall–Kier alpha value is -3.27. The summed E-state index contributed by atoms with van der Waals surface area (Å²) in [6.07, 6.45) is 0.163. The second-order valence-corrected chi connectivity index (χ2v) is 5.71. The van der Waals surface area contributed by atoms with Crippen molar-refractivity contribution in [2.45, 2.75) is 6.42 Å². The largest absolute Gasteiger partial charge is 0.493 e. The minimum Gasteiger partial charge on any atom is -0.493 e. The van der Waals surface area contributed by atoms with E-state index in [-0.39, 0.29) is 12.4 Å². The number of methoxy groups -OCH3 is 2. The van der Waals surface area contributed by atoms with Crippen LogP contribution in [0.5, 0.6) is 17.2 Å². The van der Waals surface area contributed by atoms with Crippen LogP contribution in [0.2, 0.25) is 0 Å². The predicted octanol–water partition coefficient (Wildman–Crippen LogP) is 4.52. The van der Waals surface area contributed by atoms with Crippen LogP contribution in [0.15, 0.2) is 72.8 Å². The fraction of sp³-hybridized carbons (Fsp3) is 0.136. The lowest BCUT2D eigenvalue weighted by molar-refractivity contribution is -0.133. The minimum absolute atomic E-state index is 0.163. The highest BCUT2D eigenvalue weighted by Gasteiger charge is 2.16. The summed E-state index contributed by atoms with van der Waals surface area (Å²) >= 11 is 0. The highest BCUT2D eigenvalue weighted by molar-refractivity contribution is 5.77. The molecule has 0 bridgehead atoms. The Morgan fingerprint density at radius 3 is 1.88 bits per heavy atom. The zero-order chi connectivity index (χ0) is 18.4. The van der Waals surface area contributed by atoms with Crippen LogP contribution < -0.4 is 14.2 Å². The third kappa shape index (κ3) is 4.03. The van der Waals surface area contributed by atoms with Crippen molar-refractivity contribution in [2.24, 2.45) is 0 Å². The van der Waals surface area contributed by atoms with E-state index in [1.165, 1.54) is 14.2 Å².